The van der Waals surface area contributed by atoms with Gasteiger partial charge in [0.1, 0.15) is 0 Å². The second kappa shape index (κ2) is 4.13. The Morgan fingerprint density at radius 2 is 1.75 bits per heavy atom. The van der Waals surface area contributed by atoms with Crippen molar-refractivity contribution in [2.24, 2.45) is 0 Å². The SMILES string of the molecule is O=C([O-])[C@](CO)(c1ccccc1)C(F)(F)F. The van der Waals surface area contributed by atoms with Gasteiger partial charge in [0.2, 0.25) is 0 Å². The van der Waals surface area contributed by atoms with Crippen LogP contribution < -0.4 is 5.11 Å². The molecule has 3 nitrogen and oxygen atoms in total. The van der Waals surface area contributed by atoms with E-state index in [1.165, 1.54) is 18.2 Å². The van der Waals surface area contributed by atoms with Crippen molar-refractivity contribution in [3.63, 3.8) is 0 Å². The molecule has 88 valence electrons. The van der Waals surface area contributed by atoms with Gasteiger partial charge in [-0.3, -0.25) is 0 Å². The van der Waals surface area contributed by atoms with Gasteiger partial charge in [-0.25, -0.2) is 0 Å². The predicted molar refractivity (Wildman–Crippen MR) is 46.3 cm³/mol. The summed E-state index contributed by atoms with van der Waals surface area (Å²) < 4.78 is 38.2. The summed E-state index contributed by atoms with van der Waals surface area (Å²) in [7, 11) is 0. The number of hydrogen-bond donors (Lipinski definition) is 1. The van der Waals surface area contributed by atoms with Crippen LogP contribution in [0.15, 0.2) is 30.3 Å². The highest BCUT2D eigenvalue weighted by molar-refractivity contribution is 5.81. The molecular weight excluding hydrogens is 225 g/mol. The van der Waals surface area contributed by atoms with Crippen molar-refractivity contribution in [2.45, 2.75) is 11.6 Å². The van der Waals surface area contributed by atoms with E-state index >= 15 is 0 Å². The lowest BCUT2D eigenvalue weighted by Gasteiger charge is -2.35. The van der Waals surface area contributed by atoms with Crippen molar-refractivity contribution in [1.29, 1.82) is 0 Å². The van der Waals surface area contributed by atoms with Crippen LogP contribution in [0.25, 0.3) is 0 Å². The van der Waals surface area contributed by atoms with Gasteiger partial charge in [0, 0.05) is 0 Å². The third-order valence-electron chi connectivity index (χ3n) is 2.34. The molecule has 0 bridgehead atoms. The Labute approximate surface area is 89.1 Å². The zero-order valence-corrected chi connectivity index (χ0v) is 7.99. The lowest BCUT2D eigenvalue weighted by atomic mass is 9.80. The summed E-state index contributed by atoms with van der Waals surface area (Å²) in [4.78, 5) is 10.7. The van der Waals surface area contributed by atoms with Crippen molar-refractivity contribution in [3.8, 4) is 0 Å². The molecule has 0 aliphatic heterocycles. The average molecular weight is 233 g/mol. The highest BCUT2D eigenvalue weighted by Gasteiger charge is 2.57. The Morgan fingerprint density at radius 1 is 1.25 bits per heavy atom. The Bertz CT molecular complexity index is 375. The molecule has 0 amide bonds. The first-order valence-electron chi connectivity index (χ1n) is 4.31. The zero-order valence-electron chi connectivity index (χ0n) is 7.99. The van der Waals surface area contributed by atoms with Crippen LogP contribution in [0.1, 0.15) is 5.56 Å². The van der Waals surface area contributed by atoms with E-state index in [4.69, 9.17) is 5.11 Å². The first kappa shape index (κ1) is 12.5. The van der Waals surface area contributed by atoms with Crippen LogP contribution in [0.2, 0.25) is 0 Å². The quantitative estimate of drug-likeness (QED) is 0.812. The van der Waals surface area contributed by atoms with Crippen LogP contribution in [0.3, 0.4) is 0 Å². The van der Waals surface area contributed by atoms with Crippen molar-refractivity contribution >= 4 is 5.97 Å². The molecule has 0 aromatic heterocycles. The van der Waals surface area contributed by atoms with Crippen molar-refractivity contribution in [1.82, 2.24) is 0 Å². The number of rotatable bonds is 3. The minimum absolute atomic E-state index is 0.551. The molecule has 0 aliphatic carbocycles. The molecule has 1 aromatic rings. The summed E-state index contributed by atoms with van der Waals surface area (Å²) in [5.41, 5.74) is -3.92. The van der Waals surface area contributed by atoms with Gasteiger partial charge in [0.25, 0.3) is 0 Å². The molecule has 1 N–H and O–H groups in total. The fourth-order valence-electron chi connectivity index (χ4n) is 1.37. The first-order valence-corrected chi connectivity index (χ1v) is 4.31. The van der Waals surface area contributed by atoms with Crippen LogP contribution in [0, 0.1) is 0 Å². The number of alkyl halides is 3. The molecule has 0 radical (unpaired) electrons. The smallest absolute Gasteiger partial charge is 0.405 e. The van der Waals surface area contributed by atoms with Crippen molar-refractivity contribution < 1.29 is 28.2 Å². The molecule has 0 saturated carbocycles. The Hall–Kier alpha value is -1.56. The number of aliphatic hydroxyl groups is 1. The van der Waals surface area contributed by atoms with Gasteiger partial charge >= 0.3 is 6.18 Å². The molecule has 0 saturated heterocycles. The van der Waals surface area contributed by atoms with E-state index in [2.05, 4.69) is 0 Å². The lowest BCUT2D eigenvalue weighted by Crippen LogP contribution is -2.58. The zero-order chi connectivity index (χ0) is 12.4. The highest BCUT2D eigenvalue weighted by Crippen LogP contribution is 2.40. The summed E-state index contributed by atoms with van der Waals surface area (Å²) in [6.07, 6.45) is -5.12. The van der Waals surface area contributed by atoms with E-state index in [1.54, 1.807) is 0 Å². The Balaban J connectivity index is 3.42. The third-order valence-corrected chi connectivity index (χ3v) is 2.34. The highest BCUT2D eigenvalue weighted by atomic mass is 19.4. The number of carboxylic acids is 1. The summed E-state index contributed by atoms with van der Waals surface area (Å²) in [6.45, 7) is -1.59. The van der Waals surface area contributed by atoms with E-state index < -0.39 is 29.7 Å². The standard InChI is InChI=1S/C10H9F3O3/c11-10(12,13)9(6-14,8(15)16)7-4-2-1-3-5-7/h1-5,14H,6H2,(H,15,16)/p-1/t9-/m0/s1. The second-order valence-corrected chi connectivity index (χ2v) is 3.21. The van der Waals surface area contributed by atoms with Gasteiger partial charge in [-0.05, 0) is 5.56 Å². The van der Waals surface area contributed by atoms with Gasteiger partial charge < -0.3 is 15.0 Å². The summed E-state index contributed by atoms with van der Waals surface area (Å²) in [6, 6.07) is 5.93. The molecule has 1 atom stereocenters. The number of halogens is 3. The second-order valence-electron chi connectivity index (χ2n) is 3.21. The van der Waals surface area contributed by atoms with Crippen molar-refractivity contribution in [3.05, 3.63) is 35.9 Å². The van der Waals surface area contributed by atoms with E-state index in [1.807, 2.05) is 0 Å². The predicted octanol–water partition coefficient (Wildman–Crippen LogP) is 0.229. The molecule has 0 unspecified atom stereocenters. The van der Waals surface area contributed by atoms with E-state index in [0.717, 1.165) is 12.1 Å². The van der Waals surface area contributed by atoms with Gasteiger partial charge in [-0.1, -0.05) is 30.3 Å². The lowest BCUT2D eigenvalue weighted by molar-refractivity contribution is -0.333. The van der Waals surface area contributed by atoms with Crippen molar-refractivity contribution in [2.75, 3.05) is 6.61 Å². The van der Waals surface area contributed by atoms with E-state index in [0.29, 0.717) is 0 Å². The number of carbonyl (C=O) groups excluding carboxylic acids is 1. The van der Waals surface area contributed by atoms with Gasteiger partial charge in [0.15, 0.2) is 5.41 Å². The van der Waals surface area contributed by atoms with Crippen LogP contribution >= 0.6 is 0 Å². The molecule has 1 rings (SSSR count). The fraction of sp³-hybridized carbons (Fsp3) is 0.300. The van der Waals surface area contributed by atoms with Crippen LogP contribution in [0.4, 0.5) is 13.2 Å². The van der Waals surface area contributed by atoms with Gasteiger partial charge in [0.05, 0.1) is 12.6 Å². The minimum atomic E-state index is -5.12. The topological polar surface area (TPSA) is 60.4 Å². The third kappa shape index (κ3) is 1.76. The monoisotopic (exact) mass is 233 g/mol. The molecule has 16 heavy (non-hydrogen) atoms. The van der Waals surface area contributed by atoms with Gasteiger partial charge in [-0.2, -0.15) is 13.2 Å². The largest absolute Gasteiger partial charge is 0.549 e. The summed E-state index contributed by atoms with van der Waals surface area (Å²) >= 11 is 0. The van der Waals surface area contributed by atoms with Crippen LogP contribution in [-0.2, 0) is 10.2 Å². The maximum Gasteiger partial charge on any atom is 0.405 e. The number of aliphatic carboxylic acids is 1. The maximum atomic E-state index is 12.7. The number of hydrogen-bond acceptors (Lipinski definition) is 3. The molecule has 0 spiro atoms. The van der Waals surface area contributed by atoms with Gasteiger partial charge in [-0.15, -0.1) is 0 Å². The first-order chi connectivity index (χ1) is 7.36. The molecule has 6 heteroatoms. The normalized spacial score (nSPS) is 15.5. The minimum Gasteiger partial charge on any atom is -0.549 e. The molecular formula is C10H8F3O3-. The van der Waals surface area contributed by atoms with Crippen LogP contribution in [0.5, 0.6) is 0 Å². The number of carbonyl (C=O) groups is 1. The van der Waals surface area contributed by atoms with E-state index in [9.17, 15) is 23.1 Å². The number of aliphatic hydroxyl groups excluding tert-OH is 1. The molecule has 0 heterocycles. The number of carboxylic acid groups (broad SMARTS) is 1. The molecule has 0 fully saturated rings. The fourth-order valence-corrected chi connectivity index (χ4v) is 1.37. The molecule has 1 aromatic carbocycles. The number of benzene rings is 1. The maximum absolute atomic E-state index is 12.7. The average Bonchev–Trinajstić information content (AvgIpc) is 2.18. The van der Waals surface area contributed by atoms with Crippen LogP contribution in [-0.4, -0.2) is 23.9 Å². The molecule has 0 aliphatic rings. The van der Waals surface area contributed by atoms with E-state index in [-0.39, 0.29) is 0 Å². The summed E-state index contributed by atoms with van der Waals surface area (Å²) in [5.74, 6) is -2.37. The Morgan fingerprint density at radius 3 is 2.06 bits per heavy atom. The summed E-state index contributed by atoms with van der Waals surface area (Å²) in [5, 5.41) is 19.5. The Kier molecular flexibility index (Phi) is 3.23.